The number of carbonyl (C=O) groups is 2. The zero-order valence-corrected chi connectivity index (χ0v) is 9.64. The summed E-state index contributed by atoms with van der Waals surface area (Å²) in [6.07, 6.45) is 0.984. The Labute approximate surface area is 94.7 Å². The van der Waals surface area contributed by atoms with Crippen LogP contribution in [0, 0.1) is 0 Å². The highest BCUT2D eigenvalue weighted by atomic mass is 16.7. The normalized spacial score (nSPS) is 13.9. The molecule has 0 aliphatic carbocycles. The minimum absolute atomic E-state index is 0.279. The topological polar surface area (TPSA) is 98.9 Å². The molecule has 0 fully saturated rings. The highest BCUT2D eigenvalue weighted by Crippen LogP contribution is 2.01. The molecule has 0 saturated carbocycles. The number of hydrogen-bond donors (Lipinski definition) is 2. The molecule has 6 heteroatoms. The predicted octanol–water partition coefficient (Wildman–Crippen LogP) is 1.13. The molecule has 0 radical (unpaired) electrons. The highest BCUT2D eigenvalue weighted by molar-refractivity contribution is 5.74. The molecule has 94 valence electrons. The van der Waals surface area contributed by atoms with Crippen molar-refractivity contribution in [2.45, 2.75) is 45.3 Å². The smallest absolute Gasteiger partial charge is 0.480 e. The lowest BCUT2D eigenvalue weighted by atomic mass is 10.2. The minimum Gasteiger partial charge on any atom is -0.480 e. The second kappa shape index (κ2) is 7.92. The quantitative estimate of drug-likeness (QED) is 0.505. The molecule has 2 unspecified atom stereocenters. The molecule has 0 bridgehead atoms. The minimum atomic E-state index is -1.23. The maximum absolute atomic E-state index is 11.1. The van der Waals surface area contributed by atoms with Gasteiger partial charge in [-0.3, -0.25) is 4.79 Å². The van der Waals surface area contributed by atoms with Gasteiger partial charge in [-0.2, -0.15) is 0 Å². The molecule has 6 nitrogen and oxygen atoms in total. The molecule has 2 atom stereocenters. The van der Waals surface area contributed by atoms with Crippen molar-refractivity contribution in [3.8, 4) is 0 Å². The average Bonchev–Trinajstić information content (AvgIpc) is 2.23. The van der Waals surface area contributed by atoms with E-state index in [0.717, 1.165) is 19.3 Å². The van der Waals surface area contributed by atoms with E-state index in [1.165, 1.54) is 6.92 Å². The lowest BCUT2D eigenvalue weighted by Gasteiger charge is -2.16. The Balaban J connectivity index is 3.74. The van der Waals surface area contributed by atoms with E-state index in [4.69, 9.17) is 15.6 Å². The number of unbranched alkanes of at least 4 members (excludes halogenated alkanes) is 2. The monoisotopic (exact) mass is 233 g/mol. The Kier molecular flexibility index (Phi) is 7.28. The summed E-state index contributed by atoms with van der Waals surface area (Å²) in [7, 11) is 0. The van der Waals surface area contributed by atoms with Crippen molar-refractivity contribution in [2.75, 3.05) is 6.61 Å². The molecule has 0 spiro atoms. The van der Waals surface area contributed by atoms with Gasteiger partial charge in [0.25, 0.3) is 0 Å². The molecule has 0 saturated heterocycles. The zero-order valence-electron chi connectivity index (χ0n) is 9.64. The van der Waals surface area contributed by atoms with Crippen LogP contribution in [0.1, 0.15) is 33.1 Å². The van der Waals surface area contributed by atoms with Crippen LogP contribution in [0.3, 0.4) is 0 Å². The molecule has 0 aromatic heterocycles. The van der Waals surface area contributed by atoms with Gasteiger partial charge in [-0.25, -0.2) is 4.79 Å². The molecule has 0 amide bonds. The number of ether oxygens (including phenoxy) is 2. The molecular weight excluding hydrogens is 214 g/mol. The maximum atomic E-state index is 11.1. The number of carboxylic acid groups (broad SMARTS) is 1. The van der Waals surface area contributed by atoms with Crippen molar-refractivity contribution in [3.05, 3.63) is 0 Å². The van der Waals surface area contributed by atoms with Gasteiger partial charge in [-0.05, 0) is 13.3 Å². The number of hydrogen-bond acceptors (Lipinski definition) is 5. The fourth-order valence-corrected chi connectivity index (χ4v) is 0.967. The summed E-state index contributed by atoms with van der Waals surface area (Å²) in [5.41, 5.74) is 5.25. The first-order valence-electron chi connectivity index (χ1n) is 5.30. The zero-order chi connectivity index (χ0) is 12.6. The number of aliphatic carboxylic acids is 1. The van der Waals surface area contributed by atoms with E-state index in [2.05, 4.69) is 4.74 Å². The molecule has 0 aromatic rings. The summed E-state index contributed by atoms with van der Waals surface area (Å²) in [4.78, 5) is 21.5. The van der Waals surface area contributed by atoms with Crippen LogP contribution >= 0.6 is 0 Å². The van der Waals surface area contributed by atoms with E-state index in [1.807, 2.05) is 6.92 Å². The summed E-state index contributed by atoms with van der Waals surface area (Å²) in [5, 5.41) is 8.55. The first-order valence-corrected chi connectivity index (χ1v) is 5.30. The molecule has 0 rings (SSSR count). The van der Waals surface area contributed by atoms with Gasteiger partial charge in [-0.15, -0.1) is 0 Å². The largest absolute Gasteiger partial charge is 0.508 e. The molecule has 0 heterocycles. The molecule has 0 aromatic carbocycles. The highest BCUT2D eigenvalue weighted by Gasteiger charge is 2.23. The molecule has 16 heavy (non-hydrogen) atoms. The second-order valence-electron chi connectivity index (χ2n) is 3.49. The van der Waals surface area contributed by atoms with Gasteiger partial charge in [0.2, 0.25) is 0 Å². The van der Waals surface area contributed by atoms with Crippen LogP contribution in [0.2, 0.25) is 0 Å². The van der Waals surface area contributed by atoms with Gasteiger partial charge in [-0.1, -0.05) is 19.8 Å². The van der Waals surface area contributed by atoms with Crippen LogP contribution < -0.4 is 5.73 Å². The van der Waals surface area contributed by atoms with Gasteiger partial charge >= 0.3 is 12.1 Å². The number of carboxylic acids is 1. The van der Waals surface area contributed by atoms with Crippen LogP contribution in [0.4, 0.5) is 4.79 Å². The van der Waals surface area contributed by atoms with E-state index >= 15 is 0 Å². The third kappa shape index (κ3) is 6.23. The number of carbonyl (C=O) groups excluding carboxylic acids is 1. The molecule has 0 aliphatic heterocycles. The van der Waals surface area contributed by atoms with Gasteiger partial charge < -0.3 is 20.3 Å². The van der Waals surface area contributed by atoms with Crippen molar-refractivity contribution in [3.63, 3.8) is 0 Å². The van der Waals surface area contributed by atoms with Crippen molar-refractivity contribution in [1.82, 2.24) is 0 Å². The van der Waals surface area contributed by atoms with Gasteiger partial charge in [0.15, 0.2) is 0 Å². The van der Waals surface area contributed by atoms with E-state index in [0.29, 0.717) is 0 Å². The Bertz CT molecular complexity index is 231. The van der Waals surface area contributed by atoms with Crippen molar-refractivity contribution >= 4 is 12.1 Å². The Morgan fingerprint density at radius 3 is 2.50 bits per heavy atom. The number of nitrogens with two attached hydrogens (primary N) is 1. The standard InChI is InChI=1S/C10H19NO5/c1-3-4-5-6-15-10(14)16-7(2)8(11)9(12)13/h7-8H,3-6,11H2,1-2H3,(H,12,13). The first-order chi connectivity index (χ1) is 7.49. The van der Waals surface area contributed by atoms with E-state index < -0.39 is 24.3 Å². The van der Waals surface area contributed by atoms with Gasteiger partial charge in [0.05, 0.1) is 6.61 Å². The molecule has 3 N–H and O–H groups in total. The lowest BCUT2D eigenvalue weighted by molar-refractivity contribution is -0.141. The fraction of sp³-hybridized carbons (Fsp3) is 0.800. The third-order valence-corrected chi connectivity index (χ3v) is 2.04. The summed E-state index contributed by atoms with van der Waals surface area (Å²) in [6, 6.07) is -1.23. The van der Waals surface area contributed by atoms with Crippen molar-refractivity contribution in [2.24, 2.45) is 5.73 Å². The summed E-state index contributed by atoms with van der Waals surface area (Å²) in [6.45, 7) is 3.72. The Hall–Kier alpha value is -1.30. The Morgan fingerprint density at radius 1 is 1.38 bits per heavy atom. The van der Waals surface area contributed by atoms with Crippen LogP contribution in [-0.2, 0) is 14.3 Å². The molecule has 0 aliphatic rings. The number of rotatable bonds is 7. The molecular formula is C10H19NO5. The second-order valence-corrected chi connectivity index (χ2v) is 3.49. The van der Waals surface area contributed by atoms with Crippen LogP contribution in [0.25, 0.3) is 0 Å². The van der Waals surface area contributed by atoms with Crippen LogP contribution in [0.5, 0.6) is 0 Å². The fourth-order valence-electron chi connectivity index (χ4n) is 0.967. The summed E-state index contributed by atoms with van der Waals surface area (Å²) >= 11 is 0. The van der Waals surface area contributed by atoms with Crippen molar-refractivity contribution < 1.29 is 24.2 Å². The van der Waals surface area contributed by atoms with Crippen molar-refractivity contribution in [1.29, 1.82) is 0 Å². The average molecular weight is 233 g/mol. The predicted molar refractivity (Wildman–Crippen MR) is 57.0 cm³/mol. The Morgan fingerprint density at radius 2 is 2.00 bits per heavy atom. The van der Waals surface area contributed by atoms with Crippen LogP contribution in [-0.4, -0.2) is 36.0 Å². The lowest BCUT2D eigenvalue weighted by Crippen LogP contribution is -2.42. The van der Waals surface area contributed by atoms with E-state index in [9.17, 15) is 9.59 Å². The summed E-state index contributed by atoms with van der Waals surface area (Å²) < 4.78 is 9.42. The SMILES string of the molecule is CCCCCOC(=O)OC(C)C(N)C(=O)O. The van der Waals surface area contributed by atoms with Crippen LogP contribution in [0.15, 0.2) is 0 Å². The third-order valence-electron chi connectivity index (χ3n) is 2.04. The maximum Gasteiger partial charge on any atom is 0.508 e. The first kappa shape index (κ1) is 14.7. The van der Waals surface area contributed by atoms with Gasteiger partial charge in [0.1, 0.15) is 12.1 Å². The summed E-state index contributed by atoms with van der Waals surface area (Å²) in [5.74, 6) is -1.22. The van der Waals surface area contributed by atoms with E-state index in [-0.39, 0.29) is 6.61 Å². The van der Waals surface area contributed by atoms with E-state index in [1.54, 1.807) is 0 Å². The van der Waals surface area contributed by atoms with Gasteiger partial charge in [0, 0.05) is 0 Å².